The van der Waals surface area contributed by atoms with Crippen molar-refractivity contribution in [2.45, 2.75) is 38.1 Å². The van der Waals surface area contributed by atoms with E-state index in [2.05, 4.69) is 6.08 Å². The first-order chi connectivity index (χ1) is 11.7. The van der Waals surface area contributed by atoms with Gasteiger partial charge in [-0.2, -0.15) is 0 Å². The summed E-state index contributed by atoms with van der Waals surface area (Å²) in [5, 5.41) is 0. The van der Waals surface area contributed by atoms with Crippen molar-refractivity contribution >= 4 is 40.3 Å². The molecule has 0 unspecified atom stereocenters. The Balaban J connectivity index is 1.57. The van der Waals surface area contributed by atoms with Crippen LogP contribution in [0.25, 0.3) is 6.08 Å². The van der Waals surface area contributed by atoms with Crippen LogP contribution in [0, 0.1) is 0 Å². The number of amides is 1. The van der Waals surface area contributed by atoms with Crippen LogP contribution in [0.5, 0.6) is 5.75 Å². The zero-order valence-electron chi connectivity index (χ0n) is 13.4. The van der Waals surface area contributed by atoms with Gasteiger partial charge in [0.15, 0.2) is 0 Å². The lowest BCUT2D eigenvalue weighted by Crippen LogP contribution is -2.39. The minimum atomic E-state index is 0.0664. The SMILES string of the molecule is O=C1C(=CC2=Cc3ccccc3OC2)SC(=S)N1C1CCCCC1. The normalized spacial score (nSPS) is 23.2. The van der Waals surface area contributed by atoms with E-state index in [1.54, 1.807) is 0 Å². The summed E-state index contributed by atoms with van der Waals surface area (Å²) in [5.74, 6) is 0.959. The van der Waals surface area contributed by atoms with Crippen molar-refractivity contribution in [2.75, 3.05) is 6.61 Å². The van der Waals surface area contributed by atoms with E-state index >= 15 is 0 Å². The fraction of sp³-hybridized carbons (Fsp3) is 0.368. The molecule has 0 bridgehead atoms. The lowest BCUT2D eigenvalue weighted by molar-refractivity contribution is -0.124. The number of thioether (sulfide) groups is 1. The van der Waals surface area contributed by atoms with Gasteiger partial charge in [-0.25, -0.2) is 0 Å². The molecule has 1 amide bonds. The topological polar surface area (TPSA) is 29.5 Å². The van der Waals surface area contributed by atoms with Gasteiger partial charge in [-0.1, -0.05) is 61.4 Å². The molecule has 2 heterocycles. The van der Waals surface area contributed by atoms with Crippen molar-refractivity contribution in [2.24, 2.45) is 0 Å². The summed E-state index contributed by atoms with van der Waals surface area (Å²) < 4.78 is 6.48. The maximum atomic E-state index is 12.8. The number of fused-ring (bicyclic) bond motifs is 1. The van der Waals surface area contributed by atoms with Crippen LogP contribution in [0.1, 0.15) is 37.7 Å². The standard InChI is InChI=1S/C19H19NO2S2/c21-18-17(24-19(23)20(18)15-7-2-1-3-8-15)11-13-10-14-6-4-5-9-16(14)22-12-13/h4-6,9-11,15H,1-3,7-8,12H2. The molecule has 24 heavy (non-hydrogen) atoms. The van der Waals surface area contributed by atoms with Crippen LogP contribution in [0.2, 0.25) is 0 Å². The number of hydrogen-bond acceptors (Lipinski definition) is 4. The number of carbonyl (C=O) groups excluding carboxylic acids is 1. The van der Waals surface area contributed by atoms with E-state index in [0.29, 0.717) is 10.9 Å². The van der Waals surface area contributed by atoms with Crippen molar-refractivity contribution in [3.05, 3.63) is 46.4 Å². The molecule has 1 saturated heterocycles. The monoisotopic (exact) mass is 357 g/mol. The zero-order valence-corrected chi connectivity index (χ0v) is 15.0. The number of nitrogens with zero attached hydrogens (tertiary/aromatic N) is 1. The molecule has 1 aromatic rings. The van der Waals surface area contributed by atoms with Gasteiger partial charge in [-0.3, -0.25) is 9.69 Å². The molecular formula is C19H19NO2S2. The van der Waals surface area contributed by atoms with E-state index in [4.69, 9.17) is 17.0 Å². The summed E-state index contributed by atoms with van der Waals surface area (Å²) >= 11 is 6.91. The summed E-state index contributed by atoms with van der Waals surface area (Å²) in [5.41, 5.74) is 2.07. The molecule has 0 N–H and O–H groups in total. The summed E-state index contributed by atoms with van der Waals surface area (Å²) in [6.45, 7) is 0.491. The molecule has 0 spiro atoms. The average Bonchev–Trinajstić information content (AvgIpc) is 2.89. The van der Waals surface area contributed by atoms with Crippen LogP contribution >= 0.6 is 24.0 Å². The van der Waals surface area contributed by atoms with Crippen LogP contribution in [0.4, 0.5) is 0 Å². The van der Waals surface area contributed by atoms with E-state index in [-0.39, 0.29) is 11.9 Å². The van der Waals surface area contributed by atoms with Crippen molar-refractivity contribution in [3.8, 4) is 5.75 Å². The van der Waals surface area contributed by atoms with Gasteiger partial charge in [0.05, 0.1) is 4.91 Å². The van der Waals surface area contributed by atoms with Gasteiger partial charge in [0.25, 0.3) is 5.91 Å². The minimum absolute atomic E-state index is 0.0664. The Kier molecular flexibility index (Phi) is 4.46. The predicted molar refractivity (Wildman–Crippen MR) is 102 cm³/mol. The molecule has 1 saturated carbocycles. The maximum absolute atomic E-state index is 12.8. The van der Waals surface area contributed by atoms with Crippen LogP contribution in [0.15, 0.2) is 40.8 Å². The second-order valence-electron chi connectivity index (χ2n) is 6.39. The maximum Gasteiger partial charge on any atom is 0.266 e. The van der Waals surface area contributed by atoms with E-state index in [0.717, 1.165) is 34.6 Å². The Morgan fingerprint density at radius 2 is 2.00 bits per heavy atom. The van der Waals surface area contributed by atoms with Crippen molar-refractivity contribution in [1.82, 2.24) is 4.90 Å². The number of carbonyl (C=O) groups is 1. The number of thiocarbonyl (C=S) groups is 1. The van der Waals surface area contributed by atoms with Crippen LogP contribution in [-0.2, 0) is 4.79 Å². The number of rotatable bonds is 2. The van der Waals surface area contributed by atoms with Crippen LogP contribution in [-0.4, -0.2) is 27.8 Å². The first-order valence-electron chi connectivity index (χ1n) is 8.42. The summed E-state index contributed by atoms with van der Waals surface area (Å²) in [6.07, 6.45) is 9.82. The quantitative estimate of drug-likeness (QED) is 0.574. The van der Waals surface area contributed by atoms with Gasteiger partial charge in [0.2, 0.25) is 0 Å². The number of ether oxygens (including phenoxy) is 1. The Labute approximate surface area is 151 Å². The molecule has 0 radical (unpaired) electrons. The fourth-order valence-corrected chi connectivity index (χ4v) is 4.94. The van der Waals surface area contributed by atoms with Gasteiger partial charge in [-0.05, 0) is 36.6 Å². The summed E-state index contributed by atoms with van der Waals surface area (Å²) in [4.78, 5) is 15.4. The molecule has 1 aliphatic carbocycles. The summed E-state index contributed by atoms with van der Waals surface area (Å²) in [6, 6.07) is 8.23. The Morgan fingerprint density at radius 3 is 2.83 bits per heavy atom. The zero-order chi connectivity index (χ0) is 16.5. The lowest BCUT2D eigenvalue weighted by Gasteiger charge is -2.29. The molecule has 4 rings (SSSR count). The number of hydrogen-bond donors (Lipinski definition) is 0. The third-order valence-electron chi connectivity index (χ3n) is 4.73. The lowest BCUT2D eigenvalue weighted by atomic mass is 9.94. The molecule has 1 aromatic carbocycles. The fourth-order valence-electron chi connectivity index (χ4n) is 3.52. The second kappa shape index (κ2) is 6.73. The first-order valence-corrected chi connectivity index (χ1v) is 9.64. The Bertz CT molecular complexity index is 747. The van der Waals surface area contributed by atoms with Crippen LogP contribution < -0.4 is 4.74 Å². The van der Waals surface area contributed by atoms with Crippen molar-refractivity contribution in [1.29, 1.82) is 0 Å². The number of para-hydroxylation sites is 1. The van der Waals surface area contributed by atoms with Crippen molar-refractivity contribution in [3.63, 3.8) is 0 Å². The largest absolute Gasteiger partial charge is 0.488 e. The van der Waals surface area contributed by atoms with Crippen molar-refractivity contribution < 1.29 is 9.53 Å². The van der Waals surface area contributed by atoms with Crippen LogP contribution in [0.3, 0.4) is 0 Å². The predicted octanol–water partition coefficient (Wildman–Crippen LogP) is 4.54. The van der Waals surface area contributed by atoms with E-state index in [9.17, 15) is 4.79 Å². The van der Waals surface area contributed by atoms with E-state index in [1.165, 1.54) is 31.0 Å². The van der Waals surface area contributed by atoms with Gasteiger partial charge >= 0.3 is 0 Å². The molecule has 5 heteroatoms. The Morgan fingerprint density at radius 1 is 1.21 bits per heavy atom. The minimum Gasteiger partial charge on any atom is -0.488 e. The van der Waals surface area contributed by atoms with Gasteiger partial charge < -0.3 is 4.74 Å². The molecule has 0 aromatic heterocycles. The smallest absolute Gasteiger partial charge is 0.266 e. The average molecular weight is 358 g/mol. The highest BCUT2D eigenvalue weighted by molar-refractivity contribution is 8.26. The second-order valence-corrected chi connectivity index (χ2v) is 8.07. The highest BCUT2D eigenvalue weighted by atomic mass is 32.2. The third-order valence-corrected chi connectivity index (χ3v) is 6.06. The van der Waals surface area contributed by atoms with Gasteiger partial charge in [-0.15, -0.1) is 0 Å². The van der Waals surface area contributed by atoms with Gasteiger partial charge in [0, 0.05) is 11.6 Å². The number of benzene rings is 1. The molecule has 3 nitrogen and oxygen atoms in total. The third kappa shape index (κ3) is 3.03. The van der Waals surface area contributed by atoms with E-state index < -0.39 is 0 Å². The molecular weight excluding hydrogens is 338 g/mol. The molecule has 124 valence electrons. The highest BCUT2D eigenvalue weighted by Crippen LogP contribution is 2.37. The molecule has 0 atom stereocenters. The Hall–Kier alpha value is -1.59. The molecule has 2 aliphatic heterocycles. The van der Waals surface area contributed by atoms with Gasteiger partial charge in [0.1, 0.15) is 16.7 Å². The first kappa shape index (κ1) is 15.9. The highest BCUT2D eigenvalue weighted by Gasteiger charge is 2.37. The molecule has 2 fully saturated rings. The summed E-state index contributed by atoms with van der Waals surface area (Å²) in [7, 11) is 0. The molecule has 3 aliphatic rings. The van der Waals surface area contributed by atoms with E-state index in [1.807, 2.05) is 35.2 Å².